The minimum absolute atomic E-state index is 0.0722. The minimum atomic E-state index is -0.824. The molecule has 2 amide bonds. The Labute approximate surface area is 165 Å². The largest absolute Gasteiger partial charge is 0.388 e. The fourth-order valence-corrected chi connectivity index (χ4v) is 3.83. The maximum Gasteiger partial charge on any atom is 0.225 e. The summed E-state index contributed by atoms with van der Waals surface area (Å²) in [5.74, 6) is -0.233. The van der Waals surface area contributed by atoms with Gasteiger partial charge >= 0.3 is 0 Å². The lowest BCUT2D eigenvalue weighted by Crippen LogP contribution is -2.52. The van der Waals surface area contributed by atoms with Crippen LogP contribution in [0, 0.1) is 5.92 Å². The number of piperidine rings is 2. The van der Waals surface area contributed by atoms with Crippen LogP contribution in [0.4, 0.5) is 0 Å². The Bertz CT molecular complexity index is 672. The first-order chi connectivity index (χ1) is 12.8. The van der Waals surface area contributed by atoms with Crippen LogP contribution < -0.4 is 5.32 Å². The van der Waals surface area contributed by atoms with E-state index in [-0.39, 0.29) is 24.3 Å². The van der Waals surface area contributed by atoms with Gasteiger partial charge in [-0.2, -0.15) is 0 Å². The molecule has 0 spiro atoms. The molecule has 6 nitrogen and oxygen atoms in total. The predicted octanol–water partition coefficient (Wildman–Crippen LogP) is 1.65. The maximum atomic E-state index is 12.6. The normalized spacial score (nSPS) is 23.3. The molecule has 7 heteroatoms. The molecule has 0 radical (unpaired) electrons. The molecule has 1 aromatic carbocycles. The number of likely N-dealkylation sites (tertiary alicyclic amines) is 2. The van der Waals surface area contributed by atoms with E-state index in [0.29, 0.717) is 43.8 Å². The van der Waals surface area contributed by atoms with Gasteiger partial charge in [0, 0.05) is 44.2 Å². The van der Waals surface area contributed by atoms with E-state index in [1.807, 2.05) is 19.2 Å². The Hall–Kier alpha value is -1.63. The van der Waals surface area contributed by atoms with Crippen molar-refractivity contribution in [1.82, 2.24) is 15.1 Å². The van der Waals surface area contributed by atoms with E-state index in [4.69, 9.17) is 11.6 Å². The van der Waals surface area contributed by atoms with Crippen molar-refractivity contribution in [3.05, 3.63) is 34.9 Å². The van der Waals surface area contributed by atoms with Gasteiger partial charge in [-0.25, -0.2) is 0 Å². The average Bonchev–Trinajstić information content (AvgIpc) is 2.66. The topological polar surface area (TPSA) is 72.9 Å². The van der Waals surface area contributed by atoms with E-state index in [1.54, 1.807) is 17.0 Å². The second-order valence-electron chi connectivity index (χ2n) is 7.88. The fraction of sp³-hybridized carbons (Fsp3) is 0.600. The summed E-state index contributed by atoms with van der Waals surface area (Å²) < 4.78 is 0. The molecule has 2 N–H and O–H groups in total. The van der Waals surface area contributed by atoms with Crippen molar-refractivity contribution in [2.75, 3.05) is 33.2 Å². The van der Waals surface area contributed by atoms with Gasteiger partial charge in [-0.1, -0.05) is 23.7 Å². The van der Waals surface area contributed by atoms with Gasteiger partial charge in [-0.05, 0) is 44.0 Å². The first-order valence-electron chi connectivity index (χ1n) is 9.55. The Morgan fingerprint density at radius 3 is 2.63 bits per heavy atom. The van der Waals surface area contributed by atoms with Crippen LogP contribution in [0.15, 0.2) is 24.3 Å². The summed E-state index contributed by atoms with van der Waals surface area (Å²) in [7, 11) is 2.03. The summed E-state index contributed by atoms with van der Waals surface area (Å²) in [6.45, 7) is 2.84. The highest BCUT2D eigenvalue weighted by Crippen LogP contribution is 2.23. The van der Waals surface area contributed by atoms with Gasteiger partial charge in [-0.3, -0.25) is 9.59 Å². The highest BCUT2D eigenvalue weighted by molar-refractivity contribution is 6.30. The van der Waals surface area contributed by atoms with Crippen LogP contribution in [0.25, 0.3) is 0 Å². The molecule has 2 fully saturated rings. The lowest BCUT2D eigenvalue weighted by atomic mass is 9.90. The van der Waals surface area contributed by atoms with Gasteiger partial charge in [0.2, 0.25) is 11.8 Å². The smallest absolute Gasteiger partial charge is 0.225 e. The highest BCUT2D eigenvalue weighted by Gasteiger charge is 2.34. The Morgan fingerprint density at radius 1 is 1.30 bits per heavy atom. The van der Waals surface area contributed by atoms with Gasteiger partial charge in [0.15, 0.2) is 0 Å². The molecule has 0 saturated carbocycles. The van der Waals surface area contributed by atoms with Crippen molar-refractivity contribution >= 4 is 23.4 Å². The van der Waals surface area contributed by atoms with Gasteiger partial charge in [0.05, 0.1) is 11.5 Å². The summed E-state index contributed by atoms with van der Waals surface area (Å²) in [6, 6.07) is 7.40. The van der Waals surface area contributed by atoms with E-state index in [1.165, 1.54) is 0 Å². The van der Waals surface area contributed by atoms with E-state index < -0.39 is 5.60 Å². The van der Waals surface area contributed by atoms with E-state index in [9.17, 15) is 14.7 Å². The third kappa shape index (κ3) is 5.43. The van der Waals surface area contributed by atoms with Crippen LogP contribution in [-0.2, 0) is 16.1 Å². The molecular formula is C20H28ClN3O3. The van der Waals surface area contributed by atoms with E-state index >= 15 is 0 Å². The fourth-order valence-electron chi connectivity index (χ4n) is 3.70. The van der Waals surface area contributed by atoms with Crippen molar-refractivity contribution in [2.45, 2.75) is 37.8 Å². The van der Waals surface area contributed by atoms with Crippen molar-refractivity contribution in [2.24, 2.45) is 5.92 Å². The van der Waals surface area contributed by atoms with Crippen LogP contribution in [0.1, 0.15) is 31.2 Å². The SMILES string of the molecule is CN1CCC(O)(CNC(=O)C2CCC(=O)N(Cc3ccc(Cl)cc3)C2)CC1. The zero-order chi connectivity index (χ0) is 19.4. The summed E-state index contributed by atoms with van der Waals surface area (Å²) in [5, 5.41) is 14.2. The number of hydrogen-bond donors (Lipinski definition) is 2. The highest BCUT2D eigenvalue weighted by atomic mass is 35.5. The first-order valence-corrected chi connectivity index (χ1v) is 9.93. The predicted molar refractivity (Wildman–Crippen MR) is 104 cm³/mol. The standard InChI is InChI=1S/C20H28ClN3O3/c1-23-10-8-20(27,9-11-23)14-22-19(26)16-4-7-18(25)24(13-16)12-15-2-5-17(21)6-3-15/h2-3,5-6,16,27H,4,7-14H2,1H3,(H,22,26). The number of halogens is 1. The van der Waals surface area contributed by atoms with Gasteiger partial charge < -0.3 is 20.2 Å². The molecule has 27 heavy (non-hydrogen) atoms. The number of nitrogens with one attached hydrogen (secondary N) is 1. The van der Waals surface area contributed by atoms with Crippen LogP contribution in [0.2, 0.25) is 5.02 Å². The van der Waals surface area contributed by atoms with Crippen molar-refractivity contribution in [1.29, 1.82) is 0 Å². The molecule has 2 heterocycles. The molecule has 0 aromatic heterocycles. The number of aliphatic hydroxyl groups is 1. The van der Waals surface area contributed by atoms with Gasteiger partial charge in [-0.15, -0.1) is 0 Å². The number of nitrogens with zero attached hydrogens (tertiary/aromatic N) is 2. The molecule has 1 unspecified atom stereocenters. The van der Waals surface area contributed by atoms with Gasteiger partial charge in [0.25, 0.3) is 0 Å². The maximum absolute atomic E-state index is 12.6. The summed E-state index contributed by atoms with van der Waals surface area (Å²) in [6.07, 6.45) is 2.26. The summed E-state index contributed by atoms with van der Waals surface area (Å²) in [5.41, 5.74) is 0.171. The number of carbonyl (C=O) groups is 2. The first kappa shape index (κ1) is 20.1. The average molecular weight is 394 g/mol. The molecule has 3 rings (SSSR count). The second kappa shape index (κ2) is 8.59. The zero-order valence-corrected chi connectivity index (χ0v) is 16.5. The second-order valence-corrected chi connectivity index (χ2v) is 8.32. The minimum Gasteiger partial charge on any atom is -0.388 e. The zero-order valence-electron chi connectivity index (χ0n) is 15.8. The molecule has 0 aliphatic carbocycles. The molecule has 2 saturated heterocycles. The molecule has 2 aliphatic rings. The van der Waals surface area contributed by atoms with Crippen LogP contribution in [0.3, 0.4) is 0 Å². The Balaban J connectivity index is 1.52. The Morgan fingerprint density at radius 2 is 1.96 bits per heavy atom. The monoisotopic (exact) mass is 393 g/mol. The molecule has 1 atom stereocenters. The summed E-state index contributed by atoms with van der Waals surface area (Å²) in [4.78, 5) is 28.8. The number of rotatable bonds is 5. The third-order valence-corrected chi connectivity index (χ3v) is 5.92. The van der Waals surface area contributed by atoms with Crippen molar-refractivity contribution < 1.29 is 14.7 Å². The van der Waals surface area contributed by atoms with E-state index in [0.717, 1.165) is 18.7 Å². The van der Waals surface area contributed by atoms with E-state index in [2.05, 4.69) is 10.2 Å². The van der Waals surface area contributed by atoms with Crippen LogP contribution in [-0.4, -0.2) is 65.5 Å². The number of carbonyl (C=O) groups excluding carboxylic acids is 2. The third-order valence-electron chi connectivity index (χ3n) is 5.67. The molecule has 148 valence electrons. The molecule has 2 aliphatic heterocycles. The number of benzene rings is 1. The lowest BCUT2D eigenvalue weighted by molar-refractivity contribution is -0.139. The quantitative estimate of drug-likeness (QED) is 0.797. The van der Waals surface area contributed by atoms with Crippen LogP contribution in [0.5, 0.6) is 0 Å². The molecule has 1 aromatic rings. The van der Waals surface area contributed by atoms with Crippen molar-refractivity contribution in [3.8, 4) is 0 Å². The lowest BCUT2D eigenvalue weighted by Gasteiger charge is -2.37. The number of amides is 2. The van der Waals surface area contributed by atoms with Crippen LogP contribution >= 0.6 is 11.6 Å². The molecule has 0 bridgehead atoms. The van der Waals surface area contributed by atoms with Crippen molar-refractivity contribution in [3.63, 3.8) is 0 Å². The number of hydrogen-bond acceptors (Lipinski definition) is 4. The summed E-state index contributed by atoms with van der Waals surface area (Å²) >= 11 is 5.91. The van der Waals surface area contributed by atoms with Gasteiger partial charge in [0.1, 0.15) is 0 Å². The Kier molecular flexibility index (Phi) is 6.40. The molecular weight excluding hydrogens is 366 g/mol.